The first kappa shape index (κ1) is 12.5. The van der Waals surface area contributed by atoms with Crippen molar-refractivity contribution in [3.63, 3.8) is 0 Å². The molecule has 1 aliphatic carbocycles. The van der Waals surface area contributed by atoms with E-state index < -0.39 is 0 Å². The third kappa shape index (κ3) is 2.82. The van der Waals surface area contributed by atoms with Crippen molar-refractivity contribution in [2.45, 2.75) is 46.1 Å². The first-order valence-electron chi connectivity index (χ1n) is 6.62. The maximum atomic E-state index is 11.4. The van der Waals surface area contributed by atoms with E-state index in [1.54, 1.807) is 6.08 Å². The number of carbonyl (C=O) groups is 1. The molecule has 0 aromatic heterocycles. The summed E-state index contributed by atoms with van der Waals surface area (Å²) in [6.45, 7) is 7.09. The molecule has 0 saturated heterocycles. The van der Waals surface area contributed by atoms with Crippen molar-refractivity contribution in [2.24, 2.45) is 17.8 Å². The predicted molar refractivity (Wildman–Crippen MR) is 65.3 cm³/mol. The fourth-order valence-electron chi connectivity index (χ4n) is 2.86. The SMILES string of the molecule is CC1CC[C@H](C(C)C)C(OC2=CCOC2=O)C1. The van der Waals surface area contributed by atoms with E-state index >= 15 is 0 Å². The lowest BCUT2D eigenvalue weighted by molar-refractivity contribution is -0.141. The van der Waals surface area contributed by atoms with Crippen LogP contribution in [0, 0.1) is 17.8 Å². The summed E-state index contributed by atoms with van der Waals surface area (Å²) in [6.07, 6.45) is 5.44. The van der Waals surface area contributed by atoms with Crippen molar-refractivity contribution < 1.29 is 14.3 Å². The number of esters is 1. The van der Waals surface area contributed by atoms with Crippen LogP contribution in [0.15, 0.2) is 11.8 Å². The molecule has 0 amide bonds. The molecular formula is C14H22O3. The summed E-state index contributed by atoms with van der Waals surface area (Å²) in [4.78, 5) is 11.4. The minimum absolute atomic E-state index is 0.177. The van der Waals surface area contributed by atoms with Gasteiger partial charge >= 0.3 is 5.97 Å². The van der Waals surface area contributed by atoms with Crippen molar-refractivity contribution in [3.05, 3.63) is 11.8 Å². The molecule has 0 spiro atoms. The number of rotatable bonds is 3. The standard InChI is InChI=1S/C14H22O3/c1-9(2)11-5-4-10(3)8-13(11)17-12-6-7-16-14(12)15/h6,9-11,13H,4-5,7-8H2,1-3H3/t10?,11-,13?/m1/s1. The normalized spacial score (nSPS) is 33.5. The second kappa shape index (κ2) is 5.11. The largest absolute Gasteiger partial charge is 0.483 e. The molecule has 1 saturated carbocycles. The molecule has 0 radical (unpaired) electrons. The monoisotopic (exact) mass is 238 g/mol. The lowest BCUT2D eigenvalue weighted by atomic mass is 9.75. The molecule has 1 fully saturated rings. The summed E-state index contributed by atoms with van der Waals surface area (Å²) in [5, 5.41) is 0. The average Bonchev–Trinajstić information content (AvgIpc) is 2.64. The molecule has 2 unspecified atom stereocenters. The number of carbonyl (C=O) groups excluding carboxylic acids is 1. The second-order valence-electron chi connectivity index (χ2n) is 5.65. The molecule has 3 heteroatoms. The molecule has 17 heavy (non-hydrogen) atoms. The Bertz CT molecular complexity index is 319. The van der Waals surface area contributed by atoms with Crippen LogP contribution < -0.4 is 0 Å². The van der Waals surface area contributed by atoms with Crippen molar-refractivity contribution in [2.75, 3.05) is 6.61 Å². The first-order chi connectivity index (χ1) is 8.08. The third-order valence-electron chi connectivity index (χ3n) is 3.92. The summed E-state index contributed by atoms with van der Waals surface area (Å²) in [7, 11) is 0. The quantitative estimate of drug-likeness (QED) is 0.709. The summed E-state index contributed by atoms with van der Waals surface area (Å²) < 4.78 is 10.8. The van der Waals surface area contributed by atoms with E-state index in [1.165, 1.54) is 12.8 Å². The summed E-state index contributed by atoms with van der Waals surface area (Å²) in [6, 6.07) is 0. The minimum Gasteiger partial charge on any atom is -0.483 e. The second-order valence-corrected chi connectivity index (χ2v) is 5.65. The Kier molecular flexibility index (Phi) is 3.75. The van der Waals surface area contributed by atoms with E-state index in [0.29, 0.717) is 30.1 Å². The van der Waals surface area contributed by atoms with Crippen LogP contribution in [0.1, 0.15) is 40.0 Å². The maximum absolute atomic E-state index is 11.4. The summed E-state index contributed by atoms with van der Waals surface area (Å²) in [5.74, 6) is 1.97. The molecule has 2 rings (SSSR count). The zero-order chi connectivity index (χ0) is 12.4. The maximum Gasteiger partial charge on any atom is 0.373 e. The highest BCUT2D eigenvalue weighted by molar-refractivity contribution is 5.88. The lowest BCUT2D eigenvalue weighted by Gasteiger charge is -2.37. The molecule has 1 heterocycles. The fourth-order valence-corrected chi connectivity index (χ4v) is 2.86. The molecule has 0 aromatic carbocycles. The van der Waals surface area contributed by atoms with Crippen LogP contribution in [0.25, 0.3) is 0 Å². The molecule has 0 aromatic rings. The van der Waals surface area contributed by atoms with Crippen molar-refractivity contribution in [3.8, 4) is 0 Å². The Morgan fingerprint density at radius 2 is 2.18 bits per heavy atom. The Morgan fingerprint density at radius 3 is 2.76 bits per heavy atom. The van der Waals surface area contributed by atoms with Gasteiger partial charge in [0.05, 0.1) is 0 Å². The van der Waals surface area contributed by atoms with Gasteiger partial charge in [-0.05, 0) is 30.6 Å². The predicted octanol–water partition coefficient (Wildman–Crippen LogP) is 2.90. The van der Waals surface area contributed by atoms with Gasteiger partial charge in [-0.3, -0.25) is 0 Å². The topological polar surface area (TPSA) is 35.5 Å². The third-order valence-corrected chi connectivity index (χ3v) is 3.92. The number of hydrogen-bond acceptors (Lipinski definition) is 3. The van der Waals surface area contributed by atoms with Gasteiger partial charge in [0.25, 0.3) is 0 Å². The smallest absolute Gasteiger partial charge is 0.373 e. The molecule has 2 aliphatic rings. The summed E-state index contributed by atoms with van der Waals surface area (Å²) >= 11 is 0. The average molecular weight is 238 g/mol. The van der Waals surface area contributed by atoms with E-state index in [4.69, 9.17) is 9.47 Å². The Balaban J connectivity index is 2.02. The van der Waals surface area contributed by atoms with Gasteiger partial charge in [-0.2, -0.15) is 0 Å². The zero-order valence-electron chi connectivity index (χ0n) is 10.9. The minimum atomic E-state index is -0.300. The van der Waals surface area contributed by atoms with Gasteiger partial charge in [-0.25, -0.2) is 4.79 Å². The molecule has 0 N–H and O–H groups in total. The van der Waals surface area contributed by atoms with Gasteiger partial charge in [0.1, 0.15) is 12.7 Å². The molecule has 0 bridgehead atoms. The highest BCUT2D eigenvalue weighted by atomic mass is 16.6. The fraction of sp³-hybridized carbons (Fsp3) is 0.786. The van der Waals surface area contributed by atoms with Crippen LogP contribution in [-0.4, -0.2) is 18.7 Å². The van der Waals surface area contributed by atoms with E-state index in [9.17, 15) is 4.79 Å². The van der Waals surface area contributed by atoms with Crippen LogP contribution in [0.3, 0.4) is 0 Å². The van der Waals surface area contributed by atoms with Gasteiger partial charge in [-0.15, -0.1) is 0 Å². The summed E-state index contributed by atoms with van der Waals surface area (Å²) in [5.41, 5.74) is 0. The van der Waals surface area contributed by atoms with Crippen molar-refractivity contribution in [1.82, 2.24) is 0 Å². The Labute approximate surface area is 103 Å². The Morgan fingerprint density at radius 1 is 1.41 bits per heavy atom. The van der Waals surface area contributed by atoms with Crippen LogP contribution in [0.4, 0.5) is 0 Å². The van der Waals surface area contributed by atoms with E-state index in [-0.39, 0.29) is 12.1 Å². The molecule has 96 valence electrons. The number of cyclic esters (lactones) is 1. The molecule has 1 aliphatic heterocycles. The van der Waals surface area contributed by atoms with Crippen LogP contribution >= 0.6 is 0 Å². The highest BCUT2D eigenvalue weighted by Crippen LogP contribution is 2.36. The number of ether oxygens (including phenoxy) is 2. The first-order valence-corrected chi connectivity index (χ1v) is 6.62. The molecule has 3 atom stereocenters. The van der Waals surface area contributed by atoms with E-state index in [1.807, 2.05) is 0 Å². The van der Waals surface area contributed by atoms with Crippen LogP contribution in [0.5, 0.6) is 0 Å². The van der Waals surface area contributed by atoms with Gasteiger partial charge in [-0.1, -0.05) is 27.2 Å². The molecular weight excluding hydrogens is 216 g/mol. The zero-order valence-corrected chi connectivity index (χ0v) is 10.9. The van der Waals surface area contributed by atoms with Crippen LogP contribution in [-0.2, 0) is 14.3 Å². The highest BCUT2D eigenvalue weighted by Gasteiger charge is 2.34. The van der Waals surface area contributed by atoms with Gasteiger partial charge in [0, 0.05) is 6.08 Å². The van der Waals surface area contributed by atoms with Crippen molar-refractivity contribution in [1.29, 1.82) is 0 Å². The Hall–Kier alpha value is -0.990. The molecule has 3 nitrogen and oxygen atoms in total. The van der Waals surface area contributed by atoms with Gasteiger partial charge < -0.3 is 9.47 Å². The van der Waals surface area contributed by atoms with Crippen molar-refractivity contribution >= 4 is 5.97 Å². The number of hydrogen-bond donors (Lipinski definition) is 0. The van der Waals surface area contributed by atoms with Gasteiger partial charge in [0.15, 0.2) is 0 Å². The van der Waals surface area contributed by atoms with Gasteiger partial charge in [0.2, 0.25) is 5.76 Å². The van der Waals surface area contributed by atoms with Crippen LogP contribution in [0.2, 0.25) is 0 Å². The van der Waals surface area contributed by atoms with E-state index in [0.717, 1.165) is 6.42 Å². The van der Waals surface area contributed by atoms with E-state index in [2.05, 4.69) is 20.8 Å². The lowest BCUT2D eigenvalue weighted by Crippen LogP contribution is -2.34.